The van der Waals surface area contributed by atoms with Crippen LogP contribution in [-0.2, 0) is 6.54 Å². The van der Waals surface area contributed by atoms with E-state index in [1.165, 1.54) is 12.8 Å². The lowest BCUT2D eigenvalue weighted by Gasteiger charge is -2.42. The van der Waals surface area contributed by atoms with Crippen LogP contribution in [-0.4, -0.2) is 41.0 Å². The standard InChI is InChI=1S/C16H23FN2/c1-12(2)18-10-14-7-8-15(11-18)19(14)9-13-5-3-4-6-16(13)17/h3-6,12,14-15H,7-11H2,1-2H3. The minimum absolute atomic E-state index is 0.0619. The lowest BCUT2D eigenvalue weighted by Crippen LogP contribution is -2.54. The first-order chi connectivity index (χ1) is 9.15. The fourth-order valence-corrected chi connectivity index (χ4v) is 3.53. The summed E-state index contributed by atoms with van der Waals surface area (Å²) in [5.41, 5.74) is 0.845. The quantitative estimate of drug-likeness (QED) is 0.826. The summed E-state index contributed by atoms with van der Waals surface area (Å²) < 4.78 is 13.8. The summed E-state index contributed by atoms with van der Waals surface area (Å²) in [5.74, 6) is -0.0619. The zero-order chi connectivity index (χ0) is 13.4. The lowest BCUT2D eigenvalue weighted by molar-refractivity contribution is 0.0435. The molecular weight excluding hydrogens is 239 g/mol. The van der Waals surface area contributed by atoms with Crippen LogP contribution in [0.4, 0.5) is 4.39 Å². The van der Waals surface area contributed by atoms with Gasteiger partial charge in [0.15, 0.2) is 0 Å². The van der Waals surface area contributed by atoms with E-state index in [-0.39, 0.29) is 5.82 Å². The van der Waals surface area contributed by atoms with Crippen molar-refractivity contribution in [2.75, 3.05) is 13.1 Å². The molecule has 1 aromatic rings. The third kappa shape index (κ3) is 2.54. The molecule has 0 spiro atoms. The van der Waals surface area contributed by atoms with Gasteiger partial charge in [-0.15, -0.1) is 0 Å². The fourth-order valence-electron chi connectivity index (χ4n) is 3.53. The van der Waals surface area contributed by atoms with Crippen LogP contribution in [0.15, 0.2) is 24.3 Å². The molecule has 1 aromatic carbocycles. The minimum Gasteiger partial charge on any atom is -0.298 e. The fraction of sp³-hybridized carbons (Fsp3) is 0.625. The van der Waals surface area contributed by atoms with E-state index in [2.05, 4.69) is 23.6 Å². The molecule has 0 aliphatic carbocycles. The molecular formula is C16H23FN2. The van der Waals surface area contributed by atoms with E-state index >= 15 is 0 Å². The number of hydrogen-bond donors (Lipinski definition) is 0. The summed E-state index contributed by atoms with van der Waals surface area (Å²) >= 11 is 0. The van der Waals surface area contributed by atoms with Gasteiger partial charge in [0.25, 0.3) is 0 Å². The highest BCUT2D eigenvalue weighted by molar-refractivity contribution is 5.18. The van der Waals surface area contributed by atoms with Gasteiger partial charge in [0.2, 0.25) is 0 Å². The monoisotopic (exact) mass is 262 g/mol. The Labute approximate surface area is 115 Å². The number of benzene rings is 1. The van der Waals surface area contributed by atoms with Gasteiger partial charge >= 0.3 is 0 Å². The van der Waals surface area contributed by atoms with Crippen molar-refractivity contribution in [3.8, 4) is 0 Å². The van der Waals surface area contributed by atoms with Crippen LogP contribution in [0.1, 0.15) is 32.3 Å². The van der Waals surface area contributed by atoms with Crippen LogP contribution >= 0.6 is 0 Å². The molecule has 0 saturated carbocycles. The smallest absolute Gasteiger partial charge is 0.127 e. The van der Waals surface area contributed by atoms with E-state index in [1.807, 2.05) is 12.1 Å². The van der Waals surface area contributed by atoms with Crippen molar-refractivity contribution in [2.45, 2.75) is 51.4 Å². The normalized spacial score (nSPS) is 28.2. The Bertz CT molecular complexity index is 432. The first-order valence-corrected chi connectivity index (χ1v) is 7.38. The SMILES string of the molecule is CC(C)N1CC2CCC(C1)N2Cc1ccccc1F. The number of rotatable bonds is 3. The average molecular weight is 262 g/mol. The first-order valence-electron chi connectivity index (χ1n) is 7.38. The van der Waals surface area contributed by atoms with Crippen LogP contribution in [0.2, 0.25) is 0 Å². The molecule has 2 nitrogen and oxygen atoms in total. The van der Waals surface area contributed by atoms with Gasteiger partial charge in [-0.2, -0.15) is 0 Å². The second kappa shape index (κ2) is 5.22. The number of piperazine rings is 1. The topological polar surface area (TPSA) is 6.48 Å². The lowest BCUT2D eigenvalue weighted by atomic mass is 10.1. The third-order valence-corrected chi connectivity index (χ3v) is 4.70. The average Bonchev–Trinajstić information content (AvgIpc) is 2.62. The molecule has 2 fully saturated rings. The Hall–Kier alpha value is -0.930. The van der Waals surface area contributed by atoms with Crippen molar-refractivity contribution in [1.29, 1.82) is 0 Å². The van der Waals surface area contributed by atoms with Crippen LogP contribution < -0.4 is 0 Å². The summed E-state index contributed by atoms with van der Waals surface area (Å²) in [6.45, 7) is 7.59. The van der Waals surface area contributed by atoms with Crippen molar-refractivity contribution in [1.82, 2.24) is 9.80 Å². The van der Waals surface area contributed by atoms with E-state index in [4.69, 9.17) is 0 Å². The Morgan fingerprint density at radius 3 is 2.37 bits per heavy atom. The third-order valence-electron chi connectivity index (χ3n) is 4.70. The molecule has 2 aliphatic rings. The number of nitrogens with zero attached hydrogens (tertiary/aromatic N) is 2. The van der Waals surface area contributed by atoms with Crippen molar-refractivity contribution in [3.63, 3.8) is 0 Å². The van der Waals surface area contributed by atoms with Gasteiger partial charge in [-0.05, 0) is 32.8 Å². The zero-order valence-electron chi connectivity index (χ0n) is 11.8. The van der Waals surface area contributed by atoms with Gasteiger partial charge in [-0.25, -0.2) is 4.39 Å². The highest BCUT2D eigenvalue weighted by Crippen LogP contribution is 2.32. The maximum Gasteiger partial charge on any atom is 0.127 e. The Balaban J connectivity index is 1.72. The number of likely N-dealkylation sites (tertiary alicyclic amines) is 1. The van der Waals surface area contributed by atoms with Crippen LogP contribution in [0.3, 0.4) is 0 Å². The molecule has 2 bridgehead atoms. The van der Waals surface area contributed by atoms with E-state index in [9.17, 15) is 4.39 Å². The molecule has 2 saturated heterocycles. The molecule has 104 valence electrons. The maximum atomic E-state index is 13.8. The predicted octanol–water partition coefficient (Wildman–Crippen LogP) is 2.88. The zero-order valence-corrected chi connectivity index (χ0v) is 11.8. The van der Waals surface area contributed by atoms with Gasteiger partial charge in [0, 0.05) is 43.3 Å². The number of halogens is 1. The number of hydrogen-bond acceptors (Lipinski definition) is 2. The molecule has 0 radical (unpaired) electrons. The molecule has 3 rings (SSSR count). The summed E-state index contributed by atoms with van der Waals surface area (Å²) in [6, 6.07) is 9.04. The highest BCUT2D eigenvalue weighted by Gasteiger charge is 2.40. The van der Waals surface area contributed by atoms with Gasteiger partial charge in [-0.3, -0.25) is 9.80 Å². The van der Waals surface area contributed by atoms with Crippen molar-refractivity contribution in [2.24, 2.45) is 0 Å². The molecule has 2 atom stereocenters. The second-order valence-electron chi connectivity index (χ2n) is 6.20. The largest absolute Gasteiger partial charge is 0.298 e. The van der Waals surface area contributed by atoms with Crippen LogP contribution in [0.5, 0.6) is 0 Å². The number of fused-ring (bicyclic) bond motifs is 2. The molecule has 2 unspecified atom stereocenters. The van der Waals surface area contributed by atoms with Crippen molar-refractivity contribution >= 4 is 0 Å². The van der Waals surface area contributed by atoms with Crippen LogP contribution in [0.25, 0.3) is 0 Å². The molecule has 19 heavy (non-hydrogen) atoms. The summed E-state index contributed by atoms with van der Waals surface area (Å²) in [6.07, 6.45) is 2.53. The van der Waals surface area contributed by atoms with E-state index in [1.54, 1.807) is 12.1 Å². The summed E-state index contributed by atoms with van der Waals surface area (Å²) in [5, 5.41) is 0. The Kier molecular flexibility index (Phi) is 3.59. The Morgan fingerprint density at radius 1 is 1.16 bits per heavy atom. The predicted molar refractivity (Wildman–Crippen MR) is 75.5 cm³/mol. The molecule has 0 amide bonds. The molecule has 3 heteroatoms. The Morgan fingerprint density at radius 2 is 1.79 bits per heavy atom. The van der Waals surface area contributed by atoms with Gasteiger partial charge in [0.05, 0.1) is 0 Å². The summed E-state index contributed by atoms with van der Waals surface area (Å²) in [7, 11) is 0. The van der Waals surface area contributed by atoms with Gasteiger partial charge in [0.1, 0.15) is 5.82 Å². The second-order valence-corrected chi connectivity index (χ2v) is 6.20. The first kappa shape index (κ1) is 13.1. The van der Waals surface area contributed by atoms with E-state index < -0.39 is 0 Å². The van der Waals surface area contributed by atoms with Crippen LogP contribution in [0, 0.1) is 5.82 Å². The molecule has 2 heterocycles. The maximum absolute atomic E-state index is 13.8. The van der Waals surface area contributed by atoms with Crippen molar-refractivity contribution < 1.29 is 4.39 Å². The van der Waals surface area contributed by atoms with Crippen molar-refractivity contribution in [3.05, 3.63) is 35.6 Å². The molecule has 2 aliphatic heterocycles. The summed E-state index contributed by atoms with van der Waals surface area (Å²) in [4.78, 5) is 5.09. The van der Waals surface area contributed by atoms with Gasteiger partial charge in [-0.1, -0.05) is 18.2 Å². The van der Waals surface area contributed by atoms with E-state index in [0.29, 0.717) is 18.1 Å². The minimum atomic E-state index is -0.0619. The molecule has 0 N–H and O–H groups in total. The van der Waals surface area contributed by atoms with Gasteiger partial charge < -0.3 is 0 Å². The molecule has 0 aromatic heterocycles. The van der Waals surface area contributed by atoms with E-state index in [0.717, 1.165) is 25.2 Å². The highest BCUT2D eigenvalue weighted by atomic mass is 19.1.